The van der Waals surface area contributed by atoms with Crippen molar-refractivity contribution in [2.24, 2.45) is 0 Å². The molecule has 1 aromatic carbocycles. The Kier molecular flexibility index (Phi) is 6.93. The summed E-state index contributed by atoms with van der Waals surface area (Å²) in [6.45, 7) is 4.16. The van der Waals surface area contributed by atoms with Crippen LogP contribution in [0, 0.1) is 18.8 Å². The molecule has 0 bridgehead atoms. The van der Waals surface area contributed by atoms with Crippen molar-refractivity contribution in [1.82, 2.24) is 4.90 Å². The molecular weight excluding hydrogens is 266 g/mol. The van der Waals surface area contributed by atoms with Crippen LogP contribution in [0.5, 0.6) is 0 Å². The van der Waals surface area contributed by atoms with Crippen molar-refractivity contribution in [3.05, 3.63) is 34.9 Å². The number of benzene rings is 1. The van der Waals surface area contributed by atoms with E-state index < -0.39 is 6.10 Å². The van der Waals surface area contributed by atoms with Crippen LogP contribution in [0.25, 0.3) is 0 Å². The summed E-state index contributed by atoms with van der Waals surface area (Å²) < 4.78 is 0. The lowest BCUT2D eigenvalue weighted by Gasteiger charge is -2.19. The van der Waals surface area contributed by atoms with Crippen LogP contribution in [-0.2, 0) is 0 Å². The molecule has 0 aliphatic heterocycles. The first-order valence-electron chi connectivity index (χ1n) is 7.09. The lowest BCUT2D eigenvalue weighted by atomic mass is 10.0. The molecule has 0 heterocycles. The number of amides is 1. The molecule has 0 aromatic heterocycles. The minimum absolute atomic E-state index is 0.0103. The Morgan fingerprint density at radius 1 is 1.43 bits per heavy atom. The molecule has 0 radical (unpaired) electrons. The van der Waals surface area contributed by atoms with Crippen molar-refractivity contribution in [3.63, 3.8) is 0 Å². The van der Waals surface area contributed by atoms with E-state index in [0.717, 1.165) is 5.56 Å². The van der Waals surface area contributed by atoms with E-state index in [-0.39, 0.29) is 12.5 Å². The Morgan fingerprint density at radius 2 is 2.14 bits per heavy atom. The minimum atomic E-state index is -0.429. The molecular formula is C17H23NO3. The summed E-state index contributed by atoms with van der Waals surface area (Å²) in [5.41, 5.74) is 2.27. The second kappa shape index (κ2) is 8.46. The van der Waals surface area contributed by atoms with Gasteiger partial charge in [0.2, 0.25) is 0 Å². The molecule has 2 N–H and O–H groups in total. The first-order valence-corrected chi connectivity index (χ1v) is 7.09. The van der Waals surface area contributed by atoms with Gasteiger partial charge < -0.3 is 15.1 Å². The largest absolute Gasteiger partial charge is 0.395 e. The predicted molar refractivity (Wildman–Crippen MR) is 83.0 cm³/mol. The van der Waals surface area contributed by atoms with E-state index in [0.29, 0.717) is 30.5 Å². The molecule has 1 amide bonds. The Bertz CT molecular complexity index is 541. The van der Waals surface area contributed by atoms with Gasteiger partial charge in [-0.15, -0.1) is 0 Å². The number of rotatable bonds is 5. The quantitative estimate of drug-likeness (QED) is 0.809. The van der Waals surface area contributed by atoms with Gasteiger partial charge in [-0.05, 0) is 38.0 Å². The normalized spacial score (nSPS) is 11.5. The lowest BCUT2D eigenvalue weighted by molar-refractivity contribution is 0.0768. The van der Waals surface area contributed by atoms with Gasteiger partial charge in [0.25, 0.3) is 5.91 Å². The predicted octanol–water partition coefficient (Wildman–Crippen LogP) is 1.57. The van der Waals surface area contributed by atoms with E-state index in [1.165, 1.54) is 0 Å². The highest BCUT2D eigenvalue weighted by Gasteiger charge is 2.15. The molecule has 4 heteroatoms. The third-order valence-corrected chi connectivity index (χ3v) is 3.09. The Morgan fingerprint density at radius 3 is 2.76 bits per heavy atom. The molecule has 0 aliphatic rings. The summed E-state index contributed by atoms with van der Waals surface area (Å²) in [6.07, 6.45) is 0.501. The van der Waals surface area contributed by atoms with E-state index in [1.807, 2.05) is 19.1 Å². The van der Waals surface area contributed by atoms with E-state index in [9.17, 15) is 9.90 Å². The van der Waals surface area contributed by atoms with Crippen molar-refractivity contribution >= 4 is 5.91 Å². The van der Waals surface area contributed by atoms with Gasteiger partial charge >= 0.3 is 0 Å². The summed E-state index contributed by atoms with van der Waals surface area (Å²) >= 11 is 0. The van der Waals surface area contributed by atoms with Gasteiger partial charge in [0.05, 0.1) is 18.3 Å². The Hall–Kier alpha value is -1.83. The minimum Gasteiger partial charge on any atom is -0.395 e. The third kappa shape index (κ3) is 5.58. The van der Waals surface area contributed by atoms with E-state index in [4.69, 9.17) is 5.11 Å². The van der Waals surface area contributed by atoms with Crippen LogP contribution < -0.4 is 0 Å². The summed E-state index contributed by atoms with van der Waals surface area (Å²) in [5, 5.41) is 18.1. The van der Waals surface area contributed by atoms with Crippen molar-refractivity contribution in [3.8, 4) is 11.8 Å². The molecule has 0 fully saturated rings. The zero-order chi connectivity index (χ0) is 15.8. The molecule has 0 saturated heterocycles. The van der Waals surface area contributed by atoms with Gasteiger partial charge in [0.1, 0.15) is 0 Å². The Balaban J connectivity index is 2.95. The molecule has 1 unspecified atom stereocenters. The number of carbonyl (C=O) groups excluding carboxylic acids is 1. The summed E-state index contributed by atoms with van der Waals surface area (Å²) in [5.74, 6) is 5.69. The number of hydrogen-bond donors (Lipinski definition) is 2. The average Bonchev–Trinajstić information content (AvgIpc) is 2.44. The summed E-state index contributed by atoms with van der Waals surface area (Å²) in [7, 11) is 1.72. The average molecular weight is 289 g/mol. The van der Waals surface area contributed by atoms with Crippen LogP contribution in [0.2, 0.25) is 0 Å². The molecule has 21 heavy (non-hydrogen) atoms. The van der Waals surface area contributed by atoms with Gasteiger partial charge in [-0.25, -0.2) is 0 Å². The molecule has 1 atom stereocenters. The highest BCUT2D eigenvalue weighted by molar-refractivity contribution is 5.96. The van der Waals surface area contributed by atoms with Crippen molar-refractivity contribution in [2.45, 2.75) is 32.8 Å². The first kappa shape index (κ1) is 17.2. The Labute approximate surface area is 126 Å². The van der Waals surface area contributed by atoms with Gasteiger partial charge in [0, 0.05) is 25.6 Å². The molecule has 1 rings (SSSR count). The standard InChI is InChI=1S/C17H23NO3/c1-13-7-8-16(15(12-13)6-4-5-11-19)17(21)18(3)10-9-14(2)20/h7-8,12,14,19-20H,5,9-11H2,1-3H3. The van der Waals surface area contributed by atoms with Crippen LogP contribution in [0.15, 0.2) is 18.2 Å². The van der Waals surface area contributed by atoms with Crippen LogP contribution >= 0.6 is 0 Å². The number of aliphatic hydroxyl groups is 2. The number of aryl methyl sites for hydroxylation is 1. The highest BCUT2D eigenvalue weighted by atomic mass is 16.3. The molecule has 1 aromatic rings. The van der Waals surface area contributed by atoms with Gasteiger partial charge in [-0.1, -0.05) is 17.9 Å². The van der Waals surface area contributed by atoms with Crippen LogP contribution in [0.3, 0.4) is 0 Å². The monoisotopic (exact) mass is 289 g/mol. The van der Waals surface area contributed by atoms with Gasteiger partial charge in [-0.2, -0.15) is 0 Å². The third-order valence-electron chi connectivity index (χ3n) is 3.09. The molecule has 0 aliphatic carbocycles. The molecule has 0 spiro atoms. The van der Waals surface area contributed by atoms with Crippen molar-refractivity contribution in [2.75, 3.05) is 20.2 Å². The second-order valence-electron chi connectivity index (χ2n) is 5.19. The van der Waals surface area contributed by atoms with E-state index in [1.54, 1.807) is 24.9 Å². The number of aliphatic hydroxyl groups excluding tert-OH is 2. The highest BCUT2D eigenvalue weighted by Crippen LogP contribution is 2.13. The maximum Gasteiger partial charge on any atom is 0.254 e. The van der Waals surface area contributed by atoms with Crippen molar-refractivity contribution in [1.29, 1.82) is 0 Å². The fourth-order valence-corrected chi connectivity index (χ4v) is 1.85. The van der Waals surface area contributed by atoms with Gasteiger partial charge in [0.15, 0.2) is 0 Å². The first-order chi connectivity index (χ1) is 9.95. The van der Waals surface area contributed by atoms with Crippen LogP contribution in [-0.4, -0.2) is 47.3 Å². The van der Waals surface area contributed by atoms with Gasteiger partial charge in [-0.3, -0.25) is 4.79 Å². The van der Waals surface area contributed by atoms with Crippen LogP contribution in [0.4, 0.5) is 0 Å². The molecule has 114 valence electrons. The fraction of sp³-hybridized carbons (Fsp3) is 0.471. The fourth-order valence-electron chi connectivity index (χ4n) is 1.85. The number of hydrogen-bond acceptors (Lipinski definition) is 3. The molecule has 4 nitrogen and oxygen atoms in total. The molecule has 0 saturated carbocycles. The maximum absolute atomic E-state index is 12.4. The lowest BCUT2D eigenvalue weighted by Crippen LogP contribution is -2.30. The van der Waals surface area contributed by atoms with E-state index in [2.05, 4.69) is 11.8 Å². The smallest absolute Gasteiger partial charge is 0.254 e. The zero-order valence-electron chi connectivity index (χ0n) is 12.9. The maximum atomic E-state index is 12.4. The van der Waals surface area contributed by atoms with Crippen LogP contribution in [0.1, 0.15) is 41.3 Å². The second-order valence-corrected chi connectivity index (χ2v) is 5.19. The summed E-state index contributed by atoms with van der Waals surface area (Å²) in [4.78, 5) is 14.0. The van der Waals surface area contributed by atoms with Crippen molar-refractivity contribution < 1.29 is 15.0 Å². The summed E-state index contributed by atoms with van der Waals surface area (Å²) in [6, 6.07) is 5.53. The number of nitrogens with zero attached hydrogens (tertiary/aromatic N) is 1. The van der Waals surface area contributed by atoms with E-state index >= 15 is 0 Å². The topological polar surface area (TPSA) is 60.8 Å². The zero-order valence-corrected chi connectivity index (χ0v) is 12.9. The number of carbonyl (C=O) groups is 1. The SMILES string of the molecule is Cc1ccc(C(=O)N(C)CCC(C)O)c(C#CCCO)c1.